The Morgan fingerprint density at radius 2 is 2.07 bits per heavy atom. The van der Waals surface area contributed by atoms with E-state index < -0.39 is 5.60 Å². The Bertz CT molecular complexity index is 407. The average molecular weight is 190 g/mol. The molecule has 0 bridgehead atoms. The number of aliphatic hydroxyl groups is 1. The van der Waals surface area contributed by atoms with Crippen LogP contribution in [-0.4, -0.2) is 5.11 Å². The highest BCUT2D eigenvalue weighted by molar-refractivity contribution is 5.77. The minimum absolute atomic E-state index is 0.640. The van der Waals surface area contributed by atoms with Gasteiger partial charge in [0, 0.05) is 5.39 Å². The highest BCUT2D eigenvalue weighted by Gasteiger charge is 2.24. The molecule has 2 heteroatoms. The van der Waals surface area contributed by atoms with Crippen LogP contribution in [-0.2, 0) is 5.60 Å². The summed E-state index contributed by atoms with van der Waals surface area (Å²) in [5.41, 5.74) is -0.0322. The summed E-state index contributed by atoms with van der Waals surface area (Å²) < 4.78 is 5.57. The van der Waals surface area contributed by atoms with Gasteiger partial charge < -0.3 is 9.52 Å². The van der Waals surface area contributed by atoms with Crippen molar-refractivity contribution < 1.29 is 9.52 Å². The molecule has 0 aliphatic carbocycles. The molecule has 1 heterocycles. The molecule has 0 amide bonds. The maximum atomic E-state index is 10.0. The van der Waals surface area contributed by atoms with Crippen LogP contribution in [0.25, 0.3) is 11.0 Å². The maximum Gasteiger partial charge on any atom is 0.136 e. The van der Waals surface area contributed by atoms with Crippen molar-refractivity contribution in [1.29, 1.82) is 0 Å². The zero-order valence-corrected chi connectivity index (χ0v) is 8.45. The number of hydrogen-bond donors (Lipinski definition) is 1. The van der Waals surface area contributed by atoms with Crippen molar-refractivity contribution >= 4 is 11.0 Å². The van der Waals surface area contributed by atoms with Crippen molar-refractivity contribution in [2.24, 2.45) is 0 Å². The second-order valence-corrected chi connectivity index (χ2v) is 3.78. The van der Waals surface area contributed by atoms with Crippen molar-refractivity contribution in [3.63, 3.8) is 0 Å². The summed E-state index contributed by atoms with van der Waals surface area (Å²) in [6, 6.07) is 9.68. The maximum absolute atomic E-state index is 10.0. The van der Waals surface area contributed by atoms with Crippen LogP contribution in [0.15, 0.2) is 34.7 Å². The third-order valence-electron chi connectivity index (χ3n) is 2.64. The molecule has 1 aromatic carbocycles. The molecule has 0 fully saturated rings. The molecule has 1 unspecified atom stereocenters. The second-order valence-electron chi connectivity index (χ2n) is 3.78. The Labute approximate surface area is 83.2 Å². The Hall–Kier alpha value is -1.28. The molecule has 74 valence electrons. The van der Waals surface area contributed by atoms with E-state index in [1.165, 1.54) is 0 Å². The Morgan fingerprint density at radius 1 is 1.36 bits per heavy atom. The fourth-order valence-corrected chi connectivity index (χ4v) is 1.42. The molecule has 14 heavy (non-hydrogen) atoms. The summed E-state index contributed by atoms with van der Waals surface area (Å²) in [6.07, 6.45) is 0.646. The number of benzene rings is 1. The molecule has 0 saturated heterocycles. The molecular formula is C12H14O2. The fourth-order valence-electron chi connectivity index (χ4n) is 1.42. The summed E-state index contributed by atoms with van der Waals surface area (Å²) in [7, 11) is 0. The predicted octanol–water partition coefficient (Wildman–Crippen LogP) is 3.05. The van der Waals surface area contributed by atoms with Gasteiger partial charge in [-0.1, -0.05) is 25.1 Å². The summed E-state index contributed by atoms with van der Waals surface area (Å²) in [5.74, 6) is 0.640. The van der Waals surface area contributed by atoms with Crippen LogP contribution < -0.4 is 0 Å². The molecular weight excluding hydrogens is 176 g/mol. The van der Waals surface area contributed by atoms with Crippen LogP contribution in [0.2, 0.25) is 0 Å². The van der Waals surface area contributed by atoms with Crippen LogP contribution in [0, 0.1) is 0 Å². The van der Waals surface area contributed by atoms with E-state index in [0.717, 1.165) is 11.0 Å². The quantitative estimate of drug-likeness (QED) is 0.789. The van der Waals surface area contributed by atoms with Gasteiger partial charge in [-0.2, -0.15) is 0 Å². The van der Waals surface area contributed by atoms with Crippen LogP contribution in [0.5, 0.6) is 0 Å². The van der Waals surface area contributed by atoms with E-state index in [2.05, 4.69) is 0 Å². The van der Waals surface area contributed by atoms with E-state index in [1.54, 1.807) is 6.92 Å². The molecule has 0 radical (unpaired) electrons. The first-order chi connectivity index (χ1) is 6.63. The standard InChI is InChI=1S/C12H14O2/c1-3-12(2,13)11-8-9-6-4-5-7-10(9)14-11/h4-8,13H,3H2,1-2H3. The summed E-state index contributed by atoms with van der Waals surface area (Å²) >= 11 is 0. The third-order valence-corrected chi connectivity index (χ3v) is 2.64. The van der Waals surface area contributed by atoms with E-state index >= 15 is 0 Å². The predicted molar refractivity (Wildman–Crippen MR) is 56.1 cm³/mol. The molecule has 0 saturated carbocycles. The highest BCUT2D eigenvalue weighted by Crippen LogP contribution is 2.29. The van der Waals surface area contributed by atoms with E-state index in [-0.39, 0.29) is 0 Å². The van der Waals surface area contributed by atoms with E-state index in [0.29, 0.717) is 12.2 Å². The van der Waals surface area contributed by atoms with Crippen LogP contribution in [0.1, 0.15) is 26.0 Å². The molecule has 1 atom stereocenters. The first kappa shape index (κ1) is 9.28. The number of rotatable bonds is 2. The number of fused-ring (bicyclic) bond motifs is 1. The van der Waals surface area contributed by atoms with Crippen LogP contribution in [0.4, 0.5) is 0 Å². The normalized spacial score (nSPS) is 15.6. The van der Waals surface area contributed by atoms with Gasteiger partial charge in [0.05, 0.1) is 0 Å². The van der Waals surface area contributed by atoms with Gasteiger partial charge in [-0.3, -0.25) is 0 Å². The molecule has 2 aromatic rings. The van der Waals surface area contributed by atoms with E-state index in [4.69, 9.17) is 4.42 Å². The third kappa shape index (κ3) is 1.42. The summed E-state index contributed by atoms with van der Waals surface area (Å²) in [6.45, 7) is 3.71. The average Bonchev–Trinajstić information content (AvgIpc) is 2.61. The zero-order valence-electron chi connectivity index (χ0n) is 8.45. The Kier molecular flexibility index (Phi) is 2.08. The molecule has 1 N–H and O–H groups in total. The molecule has 1 aromatic heterocycles. The number of hydrogen-bond acceptors (Lipinski definition) is 2. The Morgan fingerprint density at radius 3 is 2.71 bits per heavy atom. The lowest BCUT2D eigenvalue weighted by atomic mass is 10.0. The van der Waals surface area contributed by atoms with Crippen molar-refractivity contribution in [3.05, 3.63) is 36.1 Å². The second kappa shape index (κ2) is 3.14. The monoisotopic (exact) mass is 190 g/mol. The van der Waals surface area contributed by atoms with Crippen molar-refractivity contribution in [2.75, 3.05) is 0 Å². The minimum atomic E-state index is -0.862. The zero-order chi connectivity index (χ0) is 10.2. The summed E-state index contributed by atoms with van der Waals surface area (Å²) in [4.78, 5) is 0. The lowest BCUT2D eigenvalue weighted by molar-refractivity contribution is 0.0318. The smallest absolute Gasteiger partial charge is 0.136 e. The van der Waals surface area contributed by atoms with Gasteiger partial charge in [-0.05, 0) is 25.5 Å². The molecule has 2 rings (SSSR count). The first-order valence-electron chi connectivity index (χ1n) is 4.85. The minimum Gasteiger partial charge on any atom is -0.458 e. The lowest BCUT2D eigenvalue weighted by Crippen LogP contribution is -2.18. The molecule has 2 nitrogen and oxygen atoms in total. The number of furan rings is 1. The van der Waals surface area contributed by atoms with Gasteiger partial charge in [-0.15, -0.1) is 0 Å². The van der Waals surface area contributed by atoms with Gasteiger partial charge in [0.2, 0.25) is 0 Å². The highest BCUT2D eigenvalue weighted by atomic mass is 16.4. The fraction of sp³-hybridized carbons (Fsp3) is 0.333. The van der Waals surface area contributed by atoms with Gasteiger partial charge >= 0.3 is 0 Å². The van der Waals surface area contributed by atoms with Crippen LogP contribution >= 0.6 is 0 Å². The van der Waals surface area contributed by atoms with Crippen molar-refractivity contribution in [2.45, 2.75) is 25.9 Å². The summed E-state index contributed by atoms with van der Waals surface area (Å²) in [5, 5.41) is 11.0. The van der Waals surface area contributed by atoms with Gasteiger partial charge in [-0.25, -0.2) is 0 Å². The number of para-hydroxylation sites is 1. The van der Waals surface area contributed by atoms with E-state index in [1.807, 2.05) is 37.3 Å². The SMILES string of the molecule is CCC(C)(O)c1cc2ccccc2o1. The van der Waals surface area contributed by atoms with Gasteiger partial charge in [0.15, 0.2) is 0 Å². The van der Waals surface area contributed by atoms with Crippen LogP contribution in [0.3, 0.4) is 0 Å². The first-order valence-corrected chi connectivity index (χ1v) is 4.85. The van der Waals surface area contributed by atoms with E-state index in [9.17, 15) is 5.11 Å². The van der Waals surface area contributed by atoms with Gasteiger partial charge in [0.25, 0.3) is 0 Å². The van der Waals surface area contributed by atoms with Gasteiger partial charge in [0.1, 0.15) is 16.9 Å². The van der Waals surface area contributed by atoms with Crippen molar-refractivity contribution in [1.82, 2.24) is 0 Å². The topological polar surface area (TPSA) is 33.4 Å². The molecule has 0 aliphatic heterocycles. The largest absolute Gasteiger partial charge is 0.458 e. The molecule has 0 aliphatic rings. The van der Waals surface area contributed by atoms with Crippen molar-refractivity contribution in [3.8, 4) is 0 Å². The lowest BCUT2D eigenvalue weighted by Gasteiger charge is -2.17. The Balaban J connectivity index is 2.55. The molecule has 0 spiro atoms.